The molecule has 0 atom stereocenters. The molecule has 0 aromatic heterocycles. The van der Waals surface area contributed by atoms with E-state index in [4.69, 9.17) is 19.0 Å². The summed E-state index contributed by atoms with van der Waals surface area (Å²) in [6.45, 7) is 1.84. The molecule has 0 radical (unpaired) electrons. The van der Waals surface area contributed by atoms with E-state index in [-0.39, 0.29) is 25.9 Å². The van der Waals surface area contributed by atoms with Crippen molar-refractivity contribution in [1.29, 1.82) is 0 Å². The van der Waals surface area contributed by atoms with Gasteiger partial charge in [0.15, 0.2) is 18.1 Å². The average molecular weight is 410 g/mol. The number of rotatable bonds is 6. The van der Waals surface area contributed by atoms with Gasteiger partial charge >= 0.3 is 5.97 Å². The van der Waals surface area contributed by atoms with Crippen molar-refractivity contribution >= 4 is 23.3 Å². The lowest BCUT2D eigenvalue weighted by atomic mass is 10.0. The molecule has 30 heavy (non-hydrogen) atoms. The maximum absolute atomic E-state index is 12.5. The van der Waals surface area contributed by atoms with E-state index in [1.165, 1.54) is 0 Å². The highest BCUT2D eigenvalue weighted by Gasteiger charge is 2.23. The molecule has 1 amide bonds. The molecule has 0 bridgehead atoms. The van der Waals surface area contributed by atoms with E-state index in [1.807, 2.05) is 30.3 Å². The highest BCUT2D eigenvalue weighted by atomic mass is 16.7. The summed E-state index contributed by atoms with van der Waals surface area (Å²) in [7, 11) is 0. The molecular formula is C22H22N2O6. The lowest BCUT2D eigenvalue weighted by Gasteiger charge is -2.29. The molecule has 156 valence electrons. The molecular weight excluding hydrogens is 388 g/mol. The number of oxime groups is 1. The molecule has 2 aliphatic rings. The summed E-state index contributed by atoms with van der Waals surface area (Å²) in [5.74, 6) is 0.405. The van der Waals surface area contributed by atoms with Crippen LogP contribution < -0.4 is 14.4 Å². The number of hydrogen-bond donors (Lipinski definition) is 0. The van der Waals surface area contributed by atoms with Gasteiger partial charge in [0.05, 0.1) is 5.71 Å². The van der Waals surface area contributed by atoms with Crippen LogP contribution >= 0.6 is 0 Å². The van der Waals surface area contributed by atoms with Gasteiger partial charge in [0.2, 0.25) is 13.4 Å². The Morgan fingerprint density at radius 1 is 1.10 bits per heavy atom. The summed E-state index contributed by atoms with van der Waals surface area (Å²) >= 11 is 0. The molecule has 0 fully saturated rings. The number of anilines is 1. The van der Waals surface area contributed by atoms with Crippen LogP contribution in [0.1, 0.15) is 24.5 Å². The Balaban J connectivity index is 1.25. The van der Waals surface area contributed by atoms with Crippen molar-refractivity contribution < 1.29 is 28.6 Å². The van der Waals surface area contributed by atoms with Crippen molar-refractivity contribution in [2.24, 2.45) is 5.16 Å². The summed E-state index contributed by atoms with van der Waals surface area (Å²) < 4.78 is 15.7. The summed E-state index contributed by atoms with van der Waals surface area (Å²) in [5, 5.41) is 3.93. The maximum atomic E-state index is 12.5. The van der Waals surface area contributed by atoms with Gasteiger partial charge in [-0.05, 0) is 49.6 Å². The number of ether oxygens (including phenoxy) is 3. The smallest absolute Gasteiger partial charge is 0.347 e. The number of hydrogen-bond acceptors (Lipinski definition) is 7. The molecule has 2 aromatic carbocycles. The second kappa shape index (κ2) is 8.86. The lowest BCUT2D eigenvalue weighted by Crippen LogP contribution is -2.38. The zero-order valence-corrected chi connectivity index (χ0v) is 16.6. The first-order valence-corrected chi connectivity index (χ1v) is 9.72. The average Bonchev–Trinajstić information content (AvgIpc) is 3.25. The molecule has 2 aromatic rings. The van der Waals surface area contributed by atoms with Crippen LogP contribution in [0.3, 0.4) is 0 Å². The molecule has 8 nitrogen and oxygen atoms in total. The van der Waals surface area contributed by atoms with Crippen LogP contribution in [-0.2, 0) is 25.6 Å². The zero-order valence-electron chi connectivity index (χ0n) is 16.6. The monoisotopic (exact) mass is 410 g/mol. The Hall–Kier alpha value is -3.55. The van der Waals surface area contributed by atoms with Crippen molar-refractivity contribution in [3.8, 4) is 11.5 Å². The fraction of sp³-hybridized carbons (Fsp3) is 0.318. The fourth-order valence-electron chi connectivity index (χ4n) is 3.41. The number of benzene rings is 2. The fourth-order valence-corrected chi connectivity index (χ4v) is 3.41. The van der Waals surface area contributed by atoms with Gasteiger partial charge in [-0.2, -0.15) is 0 Å². The van der Waals surface area contributed by atoms with Crippen molar-refractivity contribution in [3.05, 3.63) is 53.6 Å². The molecule has 4 rings (SSSR count). The topological polar surface area (TPSA) is 86.7 Å². The molecule has 2 aliphatic heterocycles. The van der Waals surface area contributed by atoms with Crippen LogP contribution in [-0.4, -0.2) is 44.1 Å². The third-order valence-electron chi connectivity index (χ3n) is 4.94. The Morgan fingerprint density at radius 2 is 1.93 bits per heavy atom. The summed E-state index contributed by atoms with van der Waals surface area (Å²) in [6, 6.07) is 13.2. The zero-order chi connectivity index (χ0) is 20.9. The van der Waals surface area contributed by atoms with Gasteiger partial charge in [0, 0.05) is 17.8 Å². The minimum Gasteiger partial charge on any atom is -0.454 e. The SMILES string of the molecule is C/C(=N\OCC(=O)OCC(=O)N1CCCc2ccccc21)c1ccc2c(c1)OCO2. The standard InChI is InChI=1S/C22H22N2O6/c1-15(17-8-9-19-20(11-17)29-14-28-19)23-30-13-22(26)27-12-21(25)24-10-4-6-16-5-2-3-7-18(16)24/h2-3,5,7-9,11H,4,6,10,12-14H2,1H3/b23-15+. The molecule has 0 saturated carbocycles. The van der Waals surface area contributed by atoms with E-state index in [0.29, 0.717) is 23.8 Å². The van der Waals surface area contributed by atoms with E-state index in [2.05, 4.69) is 5.16 Å². The lowest BCUT2D eigenvalue weighted by molar-refractivity contribution is -0.152. The first-order valence-electron chi connectivity index (χ1n) is 9.72. The maximum Gasteiger partial charge on any atom is 0.347 e. The van der Waals surface area contributed by atoms with Gasteiger partial charge in [-0.25, -0.2) is 4.79 Å². The minimum absolute atomic E-state index is 0.194. The van der Waals surface area contributed by atoms with Crippen molar-refractivity contribution in [2.75, 3.05) is 31.5 Å². The van der Waals surface area contributed by atoms with Gasteiger partial charge < -0.3 is 23.9 Å². The minimum atomic E-state index is -0.657. The molecule has 0 unspecified atom stereocenters. The summed E-state index contributed by atoms with van der Waals surface area (Å²) in [4.78, 5) is 31.2. The second-order valence-corrected chi connectivity index (χ2v) is 6.96. The highest BCUT2D eigenvalue weighted by molar-refractivity contribution is 5.99. The molecule has 0 saturated heterocycles. The third kappa shape index (κ3) is 4.37. The Kier molecular flexibility index (Phi) is 5.83. The number of amides is 1. The van der Waals surface area contributed by atoms with Gasteiger partial charge in [-0.15, -0.1) is 0 Å². The van der Waals surface area contributed by atoms with Gasteiger partial charge in [0.1, 0.15) is 0 Å². The molecule has 0 aliphatic carbocycles. The van der Waals surface area contributed by atoms with Crippen LogP contribution in [0.4, 0.5) is 5.69 Å². The Labute approximate surface area is 174 Å². The number of carbonyl (C=O) groups is 2. The van der Waals surface area contributed by atoms with Gasteiger partial charge in [-0.1, -0.05) is 23.4 Å². The number of esters is 1. The molecule has 0 N–H and O–H groups in total. The van der Waals surface area contributed by atoms with Gasteiger partial charge in [-0.3, -0.25) is 4.79 Å². The van der Waals surface area contributed by atoms with Crippen LogP contribution in [0.25, 0.3) is 0 Å². The first-order chi connectivity index (χ1) is 14.6. The van der Waals surface area contributed by atoms with E-state index in [1.54, 1.807) is 24.0 Å². The van der Waals surface area contributed by atoms with E-state index in [0.717, 1.165) is 29.7 Å². The van der Waals surface area contributed by atoms with Crippen molar-refractivity contribution in [2.45, 2.75) is 19.8 Å². The number of fused-ring (bicyclic) bond motifs is 2. The molecule has 0 spiro atoms. The van der Waals surface area contributed by atoms with Crippen LogP contribution in [0.15, 0.2) is 47.6 Å². The number of aryl methyl sites for hydroxylation is 1. The summed E-state index contributed by atoms with van der Waals surface area (Å²) in [5.41, 5.74) is 3.36. The van der Waals surface area contributed by atoms with Crippen molar-refractivity contribution in [1.82, 2.24) is 0 Å². The molecule has 8 heteroatoms. The first kappa shape index (κ1) is 19.8. The number of para-hydroxylation sites is 1. The Bertz CT molecular complexity index is 987. The van der Waals surface area contributed by atoms with Crippen LogP contribution in [0.2, 0.25) is 0 Å². The normalized spacial score (nSPS) is 14.8. The number of nitrogens with zero attached hydrogens (tertiary/aromatic N) is 2. The van der Waals surface area contributed by atoms with E-state index >= 15 is 0 Å². The summed E-state index contributed by atoms with van der Waals surface area (Å²) in [6.07, 6.45) is 1.82. The van der Waals surface area contributed by atoms with E-state index < -0.39 is 5.97 Å². The third-order valence-corrected chi connectivity index (χ3v) is 4.94. The Morgan fingerprint density at radius 3 is 2.83 bits per heavy atom. The quantitative estimate of drug-likeness (QED) is 0.413. The van der Waals surface area contributed by atoms with Crippen molar-refractivity contribution in [3.63, 3.8) is 0 Å². The predicted octanol–water partition coefficient (Wildman–Crippen LogP) is 2.68. The second-order valence-electron chi connectivity index (χ2n) is 6.96. The predicted molar refractivity (Wildman–Crippen MR) is 109 cm³/mol. The highest BCUT2D eigenvalue weighted by Crippen LogP contribution is 2.32. The number of carbonyl (C=O) groups excluding carboxylic acids is 2. The van der Waals surface area contributed by atoms with E-state index in [9.17, 15) is 9.59 Å². The van der Waals surface area contributed by atoms with Crippen LogP contribution in [0.5, 0.6) is 11.5 Å². The molecule has 2 heterocycles. The largest absolute Gasteiger partial charge is 0.454 e. The van der Waals surface area contributed by atoms with Crippen LogP contribution in [0, 0.1) is 0 Å². The van der Waals surface area contributed by atoms with Gasteiger partial charge in [0.25, 0.3) is 5.91 Å².